The molecule has 3 aromatic rings. The molecule has 0 aliphatic carbocycles. The first kappa shape index (κ1) is 13.6. The molecule has 2 heterocycles. The van der Waals surface area contributed by atoms with Crippen molar-refractivity contribution in [3.8, 4) is 22.9 Å². The molecule has 0 saturated carbocycles. The fourth-order valence-electron chi connectivity index (χ4n) is 2.03. The summed E-state index contributed by atoms with van der Waals surface area (Å²) >= 11 is 1.54. The topological polar surface area (TPSA) is 82.3 Å². The largest absolute Gasteiger partial charge is 0.497 e. The molecule has 0 fully saturated rings. The molecular weight excluding hydrogens is 288 g/mol. The number of nitrogens with one attached hydrogen (secondary N) is 1. The van der Waals surface area contributed by atoms with Crippen LogP contribution in [-0.4, -0.2) is 24.2 Å². The summed E-state index contributed by atoms with van der Waals surface area (Å²) in [5, 5.41) is 2.86. The fourth-order valence-corrected chi connectivity index (χ4v) is 2.79. The second-order valence-corrected chi connectivity index (χ2v) is 5.18. The van der Waals surface area contributed by atoms with Gasteiger partial charge >= 0.3 is 0 Å². The number of nitrogen functional groups attached to an aromatic ring is 1. The first-order valence-electron chi connectivity index (χ1n) is 6.20. The highest BCUT2D eigenvalue weighted by Crippen LogP contribution is 2.31. The molecule has 0 saturated heterocycles. The van der Waals surface area contributed by atoms with E-state index in [2.05, 4.69) is 15.4 Å². The number of nitrogens with two attached hydrogens (primary N) is 1. The number of rotatable bonds is 4. The minimum Gasteiger partial charge on any atom is -0.497 e. The van der Waals surface area contributed by atoms with Crippen molar-refractivity contribution in [2.45, 2.75) is 0 Å². The van der Waals surface area contributed by atoms with Crippen LogP contribution in [0.3, 0.4) is 0 Å². The lowest BCUT2D eigenvalue weighted by Gasteiger charge is -2.09. The molecule has 0 atom stereocenters. The molecular formula is C14H14N4O2S. The molecule has 1 aromatic carbocycles. The van der Waals surface area contributed by atoms with Crippen LogP contribution in [0.2, 0.25) is 0 Å². The maximum Gasteiger partial charge on any atom is 0.163 e. The van der Waals surface area contributed by atoms with E-state index in [1.54, 1.807) is 20.3 Å². The zero-order valence-electron chi connectivity index (χ0n) is 11.6. The molecule has 3 N–H and O–H groups in total. The van der Waals surface area contributed by atoms with E-state index in [-0.39, 0.29) is 0 Å². The summed E-state index contributed by atoms with van der Waals surface area (Å²) in [7, 11) is 3.21. The molecule has 7 heteroatoms. The highest BCUT2D eigenvalue weighted by atomic mass is 32.1. The van der Waals surface area contributed by atoms with E-state index < -0.39 is 0 Å². The van der Waals surface area contributed by atoms with Gasteiger partial charge in [-0.25, -0.2) is 15.8 Å². The zero-order valence-corrected chi connectivity index (χ0v) is 12.4. The van der Waals surface area contributed by atoms with Gasteiger partial charge in [-0.2, -0.15) is 0 Å². The van der Waals surface area contributed by atoms with E-state index >= 15 is 0 Å². The standard InChI is InChI=1S/C14H14N4O2S/c1-19-9-5-8(6-10(7-9)20-2)12-16-13(18-15)11-3-4-21-14(11)17-12/h3-7H,15H2,1-2H3,(H,16,17,18). The number of nitrogens with zero attached hydrogens (tertiary/aromatic N) is 2. The number of ether oxygens (including phenoxy) is 2. The fraction of sp³-hybridized carbons (Fsp3) is 0.143. The van der Waals surface area contributed by atoms with Crippen molar-refractivity contribution in [3.63, 3.8) is 0 Å². The molecule has 0 spiro atoms. The van der Waals surface area contributed by atoms with Crippen LogP contribution < -0.4 is 20.7 Å². The van der Waals surface area contributed by atoms with Crippen LogP contribution in [0.15, 0.2) is 29.6 Å². The Hall–Kier alpha value is -2.38. The van der Waals surface area contributed by atoms with Gasteiger partial charge in [0.15, 0.2) is 11.6 Å². The molecule has 0 bridgehead atoms. The number of hydrogen-bond donors (Lipinski definition) is 2. The quantitative estimate of drug-likeness (QED) is 0.569. The lowest BCUT2D eigenvalue weighted by atomic mass is 10.2. The van der Waals surface area contributed by atoms with Crippen LogP contribution in [0.1, 0.15) is 0 Å². The Morgan fingerprint density at radius 2 is 1.81 bits per heavy atom. The number of fused-ring (bicyclic) bond motifs is 1. The molecule has 3 rings (SSSR count). The van der Waals surface area contributed by atoms with Crippen LogP contribution >= 0.6 is 11.3 Å². The Morgan fingerprint density at radius 1 is 1.10 bits per heavy atom. The van der Waals surface area contributed by atoms with Gasteiger partial charge in [-0.3, -0.25) is 0 Å². The van der Waals surface area contributed by atoms with Gasteiger partial charge in [0.25, 0.3) is 0 Å². The Balaban J connectivity index is 2.19. The molecule has 108 valence electrons. The smallest absolute Gasteiger partial charge is 0.163 e. The minimum absolute atomic E-state index is 0.565. The maximum absolute atomic E-state index is 5.55. The van der Waals surface area contributed by atoms with Crippen molar-refractivity contribution >= 4 is 27.4 Å². The summed E-state index contributed by atoms with van der Waals surface area (Å²) in [6.45, 7) is 0. The number of hydrogen-bond acceptors (Lipinski definition) is 7. The molecule has 21 heavy (non-hydrogen) atoms. The SMILES string of the molecule is COc1cc(OC)cc(-c2nc(NN)c3ccsc3n2)c1. The van der Waals surface area contributed by atoms with Gasteiger partial charge < -0.3 is 14.9 Å². The number of aromatic nitrogens is 2. The van der Waals surface area contributed by atoms with Crippen LogP contribution in [0.4, 0.5) is 5.82 Å². The normalized spacial score (nSPS) is 10.6. The van der Waals surface area contributed by atoms with E-state index in [1.807, 2.05) is 23.6 Å². The number of thiophene rings is 1. The predicted octanol–water partition coefficient (Wildman–Crippen LogP) is 2.66. The summed E-state index contributed by atoms with van der Waals surface area (Å²) in [6, 6.07) is 7.45. The third kappa shape index (κ3) is 2.48. The summed E-state index contributed by atoms with van der Waals surface area (Å²) < 4.78 is 10.5. The van der Waals surface area contributed by atoms with Crippen molar-refractivity contribution in [2.75, 3.05) is 19.6 Å². The van der Waals surface area contributed by atoms with Gasteiger partial charge in [-0.05, 0) is 23.6 Å². The predicted molar refractivity (Wildman–Crippen MR) is 83.8 cm³/mol. The van der Waals surface area contributed by atoms with Crippen LogP contribution in [0.5, 0.6) is 11.5 Å². The van der Waals surface area contributed by atoms with Crippen LogP contribution in [-0.2, 0) is 0 Å². The lowest BCUT2D eigenvalue weighted by molar-refractivity contribution is 0.394. The molecule has 0 unspecified atom stereocenters. The molecule has 2 aromatic heterocycles. The molecule has 0 radical (unpaired) electrons. The Labute approximate surface area is 125 Å². The van der Waals surface area contributed by atoms with E-state index in [9.17, 15) is 0 Å². The number of methoxy groups -OCH3 is 2. The summed E-state index contributed by atoms with van der Waals surface area (Å²) in [4.78, 5) is 9.90. The zero-order chi connectivity index (χ0) is 14.8. The van der Waals surface area contributed by atoms with Gasteiger partial charge in [0.05, 0.1) is 19.6 Å². The van der Waals surface area contributed by atoms with E-state index in [0.29, 0.717) is 23.1 Å². The third-order valence-corrected chi connectivity index (χ3v) is 3.88. The minimum atomic E-state index is 0.565. The van der Waals surface area contributed by atoms with Crippen LogP contribution in [0.25, 0.3) is 21.6 Å². The van der Waals surface area contributed by atoms with Gasteiger partial charge in [0, 0.05) is 11.6 Å². The first-order valence-corrected chi connectivity index (χ1v) is 7.08. The average molecular weight is 302 g/mol. The monoisotopic (exact) mass is 302 g/mol. The van der Waals surface area contributed by atoms with Crippen molar-refractivity contribution in [1.82, 2.24) is 9.97 Å². The summed E-state index contributed by atoms with van der Waals surface area (Å²) in [5.74, 6) is 8.07. The van der Waals surface area contributed by atoms with Gasteiger partial charge in [0.1, 0.15) is 16.3 Å². The second-order valence-electron chi connectivity index (χ2n) is 4.28. The Morgan fingerprint density at radius 3 is 2.43 bits per heavy atom. The Bertz CT molecular complexity index is 765. The van der Waals surface area contributed by atoms with E-state index in [4.69, 9.17) is 15.3 Å². The number of hydrazine groups is 1. The van der Waals surface area contributed by atoms with Gasteiger partial charge in [-0.1, -0.05) is 0 Å². The van der Waals surface area contributed by atoms with E-state index in [1.165, 1.54) is 11.3 Å². The van der Waals surface area contributed by atoms with Crippen molar-refractivity contribution in [1.29, 1.82) is 0 Å². The molecule has 0 amide bonds. The average Bonchev–Trinajstić information content (AvgIpc) is 3.01. The van der Waals surface area contributed by atoms with Crippen LogP contribution in [0, 0.1) is 0 Å². The van der Waals surface area contributed by atoms with Crippen molar-refractivity contribution < 1.29 is 9.47 Å². The first-order chi connectivity index (χ1) is 10.2. The highest BCUT2D eigenvalue weighted by Gasteiger charge is 2.12. The van der Waals surface area contributed by atoms with E-state index in [0.717, 1.165) is 15.8 Å². The second kappa shape index (κ2) is 5.55. The molecule has 0 aliphatic heterocycles. The maximum atomic E-state index is 5.55. The lowest BCUT2D eigenvalue weighted by Crippen LogP contribution is -2.09. The van der Waals surface area contributed by atoms with Crippen molar-refractivity contribution in [3.05, 3.63) is 29.6 Å². The third-order valence-electron chi connectivity index (χ3n) is 3.07. The Kier molecular flexibility index (Phi) is 3.59. The number of anilines is 1. The highest BCUT2D eigenvalue weighted by molar-refractivity contribution is 7.16. The summed E-state index contributed by atoms with van der Waals surface area (Å²) in [6.07, 6.45) is 0. The number of benzene rings is 1. The molecule has 0 aliphatic rings. The van der Waals surface area contributed by atoms with Gasteiger partial charge in [-0.15, -0.1) is 11.3 Å². The van der Waals surface area contributed by atoms with Gasteiger partial charge in [0.2, 0.25) is 0 Å². The molecule has 6 nitrogen and oxygen atoms in total. The summed E-state index contributed by atoms with van der Waals surface area (Å²) in [5.41, 5.74) is 3.42. The van der Waals surface area contributed by atoms with Crippen molar-refractivity contribution in [2.24, 2.45) is 5.84 Å².